The molecule has 1 aromatic heterocycles. The molecule has 1 aromatic carbocycles. The molecule has 0 bridgehead atoms. The van der Waals surface area contributed by atoms with Gasteiger partial charge < -0.3 is 4.74 Å². The first-order valence-corrected chi connectivity index (χ1v) is 8.53. The summed E-state index contributed by atoms with van der Waals surface area (Å²) in [5.41, 5.74) is 0.780. The predicted molar refractivity (Wildman–Crippen MR) is 97.6 cm³/mol. The van der Waals surface area contributed by atoms with Crippen molar-refractivity contribution >= 4 is 34.2 Å². The number of rotatable bonds is 6. The quantitative estimate of drug-likeness (QED) is 0.188. The molecule has 0 unspecified atom stereocenters. The first kappa shape index (κ1) is 18.7. The van der Waals surface area contributed by atoms with E-state index in [4.69, 9.17) is 21.6 Å². The lowest BCUT2D eigenvalue weighted by Crippen LogP contribution is -2.05. The zero-order chi connectivity index (χ0) is 18.1. The molecule has 0 aliphatic rings. The molecule has 0 spiro atoms. The van der Waals surface area contributed by atoms with E-state index >= 15 is 0 Å². The second-order valence-corrected chi connectivity index (χ2v) is 6.03. The number of carbonyl (C=O) groups excluding carboxylic acids is 1. The maximum atomic E-state index is 11.7. The number of carbonyl (C=O) groups is 1. The van der Waals surface area contributed by atoms with Crippen molar-refractivity contribution in [3.8, 4) is 6.07 Å². The van der Waals surface area contributed by atoms with Crippen LogP contribution in [0.1, 0.15) is 12.5 Å². The predicted octanol–water partition coefficient (Wildman–Crippen LogP) is 4.28. The number of benzene rings is 1. The number of halogens is 1. The van der Waals surface area contributed by atoms with E-state index in [0.29, 0.717) is 10.2 Å². The number of nitriles is 1. The van der Waals surface area contributed by atoms with Gasteiger partial charge in [0.1, 0.15) is 11.6 Å². The Kier molecular flexibility index (Phi) is 7.20. The third-order valence-corrected chi connectivity index (χ3v) is 4.13. The van der Waals surface area contributed by atoms with Crippen molar-refractivity contribution in [2.24, 2.45) is 0 Å². The number of allylic oxidation sites excluding steroid dienone is 2. The van der Waals surface area contributed by atoms with Crippen molar-refractivity contribution in [2.75, 3.05) is 6.61 Å². The van der Waals surface area contributed by atoms with Crippen LogP contribution in [-0.4, -0.2) is 22.5 Å². The van der Waals surface area contributed by atoms with E-state index in [1.54, 1.807) is 43.6 Å². The molecule has 2 aromatic rings. The highest BCUT2D eigenvalue weighted by atomic mass is 35.5. The van der Waals surface area contributed by atoms with Crippen LogP contribution in [0.15, 0.2) is 65.6 Å². The van der Waals surface area contributed by atoms with Gasteiger partial charge in [0.05, 0.1) is 6.61 Å². The van der Waals surface area contributed by atoms with Gasteiger partial charge in [0.2, 0.25) is 0 Å². The third kappa shape index (κ3) is 5.75. The first-order chi connectivity index (χ1) is 12.1. The number of esters is 1. The standard InChI is InChI=1S/C18H14ClN3O2S/c1-2-24-17(23)14(12-20)6-9-16(13-4-7-15(19)8-5-13)25-18-21-10-3-11-22-18/h3-11H,2H2,1H3/b14-6+,16-9-. The van der Waals surface area contributed by atoms with Gasteiger partial charge in [-0.05, 0) is 54.6 Å². The second-order valence-electron chi connectivity index (χ2n) is 4.58. The first-order valence-electron chi connectivity index (χ1n) is 7.34. The van der Waals surface area contributed by atoms with Crippen LogP contribution in [0.2, 0.25) is 5.02 Å². The van der Waals surface area contributed by atoms with Gasteiger partial charge in [-0.1, -0.05) is 23.7 Å². The lowest BCUT2D eigenvalue weighted by Gasteiger charge is -2.06. The molecule has 25 heavy (non-hydrogen) atoms. The molecule has 0 saturated carbocycles. The minimum atomic E-state index is -0.655. The van der Waals surface area contributed by atoms with Crippen molar-refractivity contribution in [1.29, 1.82) is 5.26 Å². The number of nitrogens with zero attached hydrogens (tertiary/aromatic N) is 3. The van der Waals surface area contributed by atoms with Crippen molar-refractivity contribution in [1.82, 2.24) is 9.97 Å². The van der Waals surface area contributed by atoms with Gasteiger partial charge in [0.25, 0.3) is 0 Å². The summed E-state index contributed by atoms with van der Waals surface area (Å²) in [4.78, 5) is 20.9. The molecular weight excluding hydrogens is 358 g/mol. The van der Waals surface area contributed by atoms with E-state index in [-0.39, 0.29) is 12.2 Å². The average molecular weight is 372 g/mol. The van der Waals surface area contributed by atoms with E-state index in [1.165, 1.54) is 17.8 Å². The minimum absolute atomic E-state index is 0.0807. The summed E-state index contributed by atoms with van der Waals surface area (Å²) in [6.07, 6.45) is 6.38. The molecule has 2 rings (SSSR count). The summed E-state index contributed by atoms with van der Waals surface area (Å²) in [6.45, 7) is 1.89. The third-order valence-electron chi connectivity index (χ3n) is 2.89. The lowest BCUT2D eigenvalue weighted by molar-refractivity contribution is -0.138. The highest BCUT2D eigenvalue weighted by Crippen LogP contribution is 2.32. The Labute approximate surface area is 155 Å². The smallest absolute Gasteiger partial charge is 0.348 e. The zero-order valence-electron chi connectivity index (χ0n) is 13.3. The molecule has 126 valence electrons. The maximum absolute atomic E-state index is 11.7. The Bertz CT molecular complexity index is 828. The molecular formula is C18H14ClN3O2S. The Morgan fingerprint density at radius 3 is 2.56 bits per heavy atom. The van der Waals surface area contributed by atoms with E-state index in [2.05, 4.69) is 9.97 Å². The van der Waals surface area contributed by atoms with Gasteiger partial charge in [-0.3, -0.25) is 0 Å². The van der Waals surface area contributed by atoms with Gasteiger partial charge in [-0.25, -0.2) is 14.8 Å². The molecule has 7 heteroatoms. The van der Waals surface area contributed by atoms with E-state index in [9.17, 15) is 4.79 Å². The second kappa shape index (κ2) is 9.62. The van der Waals surface area contributed by atoms with Crippen LogP contribution >= 0.6 is 23.4 Å². The SMILES string of the molecule is CCOC(=O)/C(C#N)=C/C=C(\Sc1ncccn1)c1ccc(Cl)cc1. The number of ether oxygens (including phenoxy) is 1. The fraction of sp³-hybridized carbons (Fsp3) is 0.111. The van der Waals surface area contributed by atoms with Crippen LogP contribution in [0.5, 0.6) is 0 Å². The topological polar surface area (TPSA) is 75.9 Å². The molecule has 1 heterocycles. The maximum Gasteiger partial charge on any atom is 0.348 e. The van der Waals surface area contributed by atoms with Crippen LogP contribution in [0.25, 0.3) is 4.91 Å². The normalized spacial score (nSPS) is 11.7. The van der Waals surface area contributed by atoms with Crippen LogP contribution < -0.4 is 0 Å². The summed E-state index contributed by atoms with van der Waals surface area (Å²) in [5, 5.41) is 10.3. The molecule has 0 radical (unpaired) electrons. The van der Waals surface area contributed by atoms with E-state index < -0.39 is 5.97 Å². The number of aromatic nitrogens is 2. The van der Waals surface area contributed by atoms with Crippen molar-refractivity contribution in [2.45, 2.75) is 12.1 Å². The average Bonchev–Trinajstić information content (AvgIpc) is 2.63. The number of thioether (sulfide) groups is 1. The summed E-state index contributed by atoms with van der Waals surface area (Å²) in [5.74, 6) is -0.655. The number of hydrogen-bond acceptors (Lipinski definition) is 6. The molecule has 0 saturated heterocycles. The summed E-state index contributed by atoms with van der Waals surface area (Å²) >= 11 is 7.25. The molecule has 0 N–H and O–H groups in total. The summed E-state index contributed by atoms with van der Waals surface area (Å²) in [6, 6.07) is 10.8. The van der Waals surface area contributed by atoms with Gasteiger partial charge in [0, 0.05) is 22.3 Å². The van der Waals surface area contributed by atoms with Gasteiger partial charge >= 0.3 is 5.97 Å². The van der Waals surface area contributed by atoms with Gasteiger partial charge in [0.15, 0.2) is 5.16 Å². The van der Waals surface area contributed by atoms with Crippen LogP contribution in [0, 0.1) is 11.3 Å². The monoisotopic (exact) mass is 371 g/mol. The Morgan fingerprint density at radius 2 is 1.96 bits per heavy atom. The molecule has 0 fully saturated rings. The fourth-order valence-electron chi connectivity index (χ4n) is 1.76. The van der Waals surface area contributed by atoms with Crippen molar-refractivity contribution < 1.29 is 9.53 Å². The van der Waals surface area contributed by atoms with Gasteiger partial charge in [-0.2, -0.15) is 5.26 Å². The minimum Gasteiger partial charge on any atom is -0.462 e. The molecule has 0 atom stereocenters. The van der Waals surface area contributed by atoms with Crippen LogP contribution in [0.4, 0.5) is 0 Å². The Balaban J connectivity index is 2.38. The van der Waals surface area contributed by atoms with Crippen LogP contribution in [-0.2, 0) is 9.53 Å². The largest absolute Gasteiger partial charge is 0.462 e. The van der Waals surface area contributed by atoms with Gasteiger partial charge in [-0.15, -0.1) is 0 Å². The molecule has 0 aliphatic heterocycles. The summed E-state index contributed by atoms with van der Waals surface area (Å²) < 4.78 is 4.86. The van der Waals surface area contributed by atoms with E-state index in [0.717, 1.165) is 10.5 Å². The fourth-order valence-corrected chi connectivity index (χ4v) is 2.70. The van der Waals surface area contributed by atoms with E-state index in [1.807, 2.05) is 18.2 Å². The molecule has 5 nitrogen and oxygen atoms in total. The Hall–Kier alpha value is -2.62. The highest BCUT2D eigenvalue weighted by Gasteiger charge is 2.10. The molecule has 0 aliphatic carbocycles. The number of hydrogen-bond donors (Lipinski definition) is 0. The summed E-state index contributed by atoms with van der Waals surface area (Å²) in [7, 11) is 0. The molecule has 0 amide bonds. The van der Waals surface area contributed by atoms with Crippen LogP contribution in [0.3, 0.4) is 0 Å². The van der Waals surface area contributed by atoms with Crippen molar-refractivity contribution in [3.63, 3.8) is 0 Å². The lowest BCUT2D eigenvalue weighted by atomic mass is 10.2. The highest BCUT2D eigenvalue weighted by molar-refractivity contribution is 8.08. The zero-order valence-corrected chi connectivity index (χ0v) is 14.9. The van der Waals surface area contributed by atoms with Crippen molar-refractivity contribution in [3.05, 3.63) is 71.0 Å². The Morgan fingerprint density at radius 1 is 1.28 bits per heavy atom.